The second-order valence-corrected chi connectivity index (χ2v) is 4.08. The van der Waals surface area contributed by atoms with Crippen molar-refractivity contribution in [3.05, 3.63) is 42.5 Å². The smallest absolute Gasteiger partial charge is 0.326 e. The van der Waals surface area contributed by atoms with Crippen molar-refractivity contribution in [3.63, 3.8) is 0 Å². The highest BCUT2D eigenvalue weighted by atomic mass is 16.4. The summed E-state index contributed by atoms with van der Waals surface area (Å²) in [4.78, 5) is 24.2. The summed E-state index contributed by atoms with van der Waals surface area (Å²) in [6.45, 7) is 3.45. The molecule has 20 heavy (non-hydrogen) atoms. The monoisotopic (exact) mass is 273 g/mol. The van der Waals surface area contributed by atoms with Gasteiger partial charge in [-0.1, -0.05) is 6.08 Å². The highest BCUT2D eigenvalue weighted by Gasteiger charge is 2.20. The number of carbonyl (C=O) groups is 2. The van der Waals surface area contributed by atoms with Crippen molar-refractivity contribution in [2.24, 2.45) is 0 Å². The molecule has 104 valence electrons. The van der Waals surface area contributed by atoms with E-state index >= 15 is 0 Å². The van der Waals surface area contributed by atoms with Gasteiger partial charge in [-0.2, -0.15) is 5.26 Å². The number of anilines is 1. The molecule has 1 atom stereocenters. The van der Waals surface area contributed by atoms with Gasteiger partial charge in [-0.3, -0.25) is 4.90 Å². The van der Waals surface area contributed by atoms with Crippen LogP contribution in [0.25, 0.3) is 0 Å². The van der Waals surface area contributed by atoms with E-state index in [4.69, 9.17) is 10.4 Å². The first kappa shape index (κ1) is 15.2. The number of nitriles is 1. The molecule has 0 spiro atoms. The van der Waals surface area contributed by atoms with Crippen LogP contribution in [0.15, 0.2) is 36.9 Å². The molecule has 0 heterocycles. The Bertz CT molecular complexity index is 546. The Hall–Kier alpha value is -2.81. The molecule has 0 radical (unpaired) electrons. The number of nitrogens with one attached hydrogen (secondary N) is 1. The van der Waals surface area contributed by atoms with Crippen LogP contribution in [0, 0.1) is 11.3 Å². The van der Waals surface area contributed by atoms with Crippen LogP contribution < -0.4 is 10.2 Å². The van der Waals surface area contributed by atoms with Crippen LogP contribution in [0.3, 0.4) is 0 Å². The van der Waals surface area contributed by atoms with Crippen LogP contribution in [-0.4, -0.2) is 30.2 Å². The van der Waals surface area contributed by atoms with E-state index in [-0.39, 0.29) is 6.42 Å². The van der Waals surface area contributed by atoms with Crippen molar-refractivity contribution in [1.29, 1.82) is 5.26 Å². The lowest BCUT2D eigenvalue weighted by molar-refractivity contribution is -0.139. The summed E-state index contributed by atoms with van der Waals surface area (Å²) < 4.78 is 0. The first-order valence-corrected chi connectivity index (χ1v) is 5.87. The molecule has 2 amide bonds. The lowest BCUT2D eigenvalue weighted by atomic mass is 10.2. The van der Waals surface area contributed by atoms with Gasteiger partial charge in [0.2, 0.25) is 0 Å². The van der Waals surface area contributed by atoms with E-state index in [0.717, 1.165) is 0 Å². The van der Waals surface area contributed by atoms with Gasteiger partial charge in [-0.25, -0.2) is 9.59 Å². The minimum atomic E-state index is -1.12. The summed E-state index contributed by atoms with van der Waals surface area (Å²) in [6, 6.07) is 6.81. The molecule has 0 saturated heterocycles. The van der Waals surface area contributed by atoms with Gasteiger partial charge >= 0.3 is 12.0 Å². The first-order valence-electron chi connectivity index (χ1n) is 5.87. The maximum Gasteiger partial charge on any atom is 0.326 e. The third-order valence-corrected chi connectivity index (χ3v) is 2.69. The Labute approximate surface area is 116 Å². The number of carboxylic acids is 1. The van der Waals surface area contributed by atoms with Crippen LogP contribution >= 0.6 is 0 Å². The average Bonchev–Trinajstić information content (AvgIpc) is 2.45. The van der Waals surface area contributed by atoms with Gasteiger partial charge in [-0.15, -0.1) is 6.58 Å². The van der Waals surface area contributed by atoms with Gasteiger partial charge in [-0.05, 0) is 30.7 Å². The number of aliphatic carboxylic acids is 1. The topological polar surface area (TPSA) is 93.4 Å². The molecule has 0 aliphatic heterocycles. The maximum absolute atomic E-state index is 11.9. The van der Waals surface area contributed by atoms with Crippen molar-refractivity contribution < 1.29 is 14.7 Å². The van der Waals surface area contributed by atoms with E-state index < -0.39 is 18.0 Å². The lowest BCUT2D eigenvalue weighted by Crippen LogP contribution is -2.46. The minimum absolute atomic E-state index is 0.141. The zero-order valence-corrected chi connectivity index (χ0v) is 11.0. The van der Waals surface area contributed by atoms with E-state index in [0.29, 0.717) is 11.3 Å². The Morgan fingerprint density at radius 1 is 1.50 bits per heavy atom. The number of rotatable bonds is 5. The first-order chi connectivity index (χ1) is 9.49. The lowest BCUT2D eigenvalue weighted by Gasteiger charge is -2.21. The quantitative estimate of drug-likeness (QED) is 0.799. The van der Waals surface area contributed by atoms with Crippen molar-refractivity contribution in [1.82, 2.24) is 5.32 Å². The third kappa shape index (κ3) is 3.85. The normalized spacial score (nSPS) is 11.0. The van der Waals surface area contributed by atoms with Gasteiger partial charge in [0, 0.05) is 12.7 Å². The molecule has 0 aliphatic carbocycles. The van der Waals surface area contributed by atoms with Crippen LogP contribution in [0.1, 0.15) is 12.0 Å². The zero-order valence-electron chi connectivity index (χ0n) is 11.0. The van der Waals surface area contributed by atoms with Gasteiger partial charge in [0.25, 0.3) is 0 Å². The highest BCUT2D eigenvalue weighted by molar-refractivity contribution is 5.94. The van der Waals surface area contributed by atoms with E-state index in [1.807, 2.05) is 6.07 Å². The Kier molecular flexibility index (Phi) is 5.30. The molecule has 0 saturated carbocycles. The zero-order chi connectivity index (χ0) is 15.1. The van der Waals surface area contributed by atoms with Crippen LogP contribution in [0.4, 0.5) is 10.5 Å². The molecule has 0 aliphatic rings. The molecule has 1 aromatic rings. The second-order valence-electron chi connectivity index (χ2n) is 4.08. The highest BCUT2D eigenvalue weighted by Crippen LogP contribution is 2.13. The van der Waals surface area contributed by atoms with Crippen LogP contribution in [-0.2, 0) is 4.79 Å². The summed E-state index contributed by atoms with van der Waals surface area (Å²) >= 11 is 0. The molecule has 0 aromatic heterocycles. The molecule has 6 heteroatoms. The standard InChI is InChI=1S/C14H15N3O3/c1-3-4-12(13(18)19)16-14(20)17(2)11-7-5-10(9-15)6-8-11/h3,5-8,12H,1,4H2,2H3,(H,16,20)(H,18,19). The molecule has 2 N–H and O–H groups in total. The predicted molar refractivity (Wildman–Crippen MR) is 74.3 cm³/mol. The number of amides is 2. The summed E-state index contributed by atoms with van der Waals surface area (Å²) in [6.07, 6.45) is 1.57. The SMILES string of the molecule is C=CCC(NC(=O)N(C)c1ccc(C#N)cc1)C(=O)O. The fourth-order valence-corrected chi connectivity index (χ4v) is 1.51. The number of urea groups is 1. The van der Waals surface area contributed by atoms with Gasteiger partial charge < -0.3 is 10.4 Å². The molecule has 1 unspecified atom stereocenters. The molecule has 0 fully saturated rings. The molecule has 0 bridgehead atoms. The Balaban J connectivity index is 2.77. The molecule has 1 aromatic carbocycles. The van der Waals surface area contributed by atoms with E-state index in [2.05, 4.69) is 11.9 Å². The fraction of sp³-hybridized carbons (Fsp3) is 0.214. The van der Waals surface area contributed by atoms with E-state index in [9.17, 15) is 9.59 Å². The summed E-state index contributed by atoms with van der Waals surface area (Å²) in [5, 5.41) is 20.1. The van der Waals surface area contributed by atoms with E-state index in [1.165, 1.54) is 18.0 Å². The number of hydrogen-bond donors (Lipinski definition) is 2. The summed E-state index contributed by atoms with van der Waals surface area (Å²) in [7, 11) is 1.52. The van der Waals surface area contributed by atoms with Crippen LogP contribution in [0.5, 0.6) is 0 Å². The molecular formula is C14H15N3O3. The van der Waals surface area contributed by atoms with Gasteiger partial charge in [0.05, 0.1) is 11.6 Å². The molecule has 1 rings (SSSR count). The number of carboxylic acid groups (broad SMARTS) is 1. The largest absolute Gasteiger partial charge is 0.480 e. The van der Waals surface area contributed by atoms with Crippen molar-refractivity contribution in [2.75, 3.05) is 11.9 Å². The van der Waals surface area contributed by atoms with Gasteiger partial charge in [0.1, 0.15) is 6.04 Å². The van der Waals surface area contributed by atoms with Crippen molar-refractivity contribution >= 4 is 17.7 Å². The molecule has 6 nitrogen and oxygen atoms in total. The average molecular weight is 273 g/mol. The van der Waals surface area contributed by atoms with Crippen molar-refractivity contribution in [2.45, 2.75) is 12.5 Å². The second kappa shape index (κ2) is 6.95. The Morgan fingerprint density at radius 3 is 2.55 bits per heavy atom. The summed E-state index contributed by atoms with van der Waals surface area (Å²) in [5.74, 6) is -1.12. The number of carbonyl (C=O) groups excluding carboxylic acids is 1. The van der Waals surface area contributed by atoms with Crippen molar-refractivity contribution in [3.8, 4) is 6.07 Å². The fourth-order valence-electron chi connectivity index (χ4n) is 1.51. The minimum Gasteiger partial charge on any atom is -0.480 e. The summed E-state index contributed by atoms with van der Waals surface area (Å²) in [5.41, 5.74) is 1.04. The van der Waals surface area contributed by atoms with Crippen LogP contribution in [0.2, 0.25) is 0 Å². The van der Waals surface area contributed by atoms with E-state index in [1.54, 1.807) is 24.3 Å². The predicted octanol–water partition coefficient (Wildman–Crippen LogP) is 1.73. The molecular weight excluding hydrogens is 258 g/mol. The maximum atomic E-state index is 11.9. The number of benzene rings is 1. The third-order valence-electron chi connectivity index (χ3n) is 2.69. The number of nitrogens with zero attached hydrogens (tertiary/aromatic N) is 2. The Morgan fingerprint density at radius 2 is 2.10 bits per heavy atom. The van der Waals surface area contributed by atoms with Gasteiger partial charge in [0.15, 0.2) is 0 Å². The number of hydrogen-bond acceptors (Lipinski definition) is 3.